The van der Waals surface area contributed by atoms with Crippen LogP contribution in [0.5, 0.6) is 5.75 Å². The molecule has 0 saturated heterocycles. The van der Waals surface area contributed by atoms with Gasteiger partial charge in [-0.3, -0.25) is 4.99 Å². The molecule has 0 aliphatic heterocycles. The van der Waals surface area contributed by atoms with E-state index in [1.165, 1.54) is 13.2 Å². The Hall–Kier alpha value is -1.83. The lowest BCUT2D eigenvalue weighted by molar-refractivity contribution is 0.386. The van der Waals surface area contributed by atoms with Crippen molar-refractivity contribution >= 4 is 15.8 Å². The summed E-state index contributed by atoms with van der Waals surface area (Å²) in [5.41, 5.74) is 0.733. The molecule has 0 aromatic heterocycles. The van der Waals surface area contributed by atoms with Crippen LogP contribution in [-0.2, 0) is 9.84 Å². The monoisotopic (exact) mass is 387 g/mol. The number of hydrogen-bond donors (Lipinski definition) is 2. The Labute approximate surface area is 156 Å². The van der Waals surface area contributed by atoms with E-state index in [2.05, 4.69) is 15.6 Å². The van der Waals surface area contributed by atoms with E-state index >= 15 is 0 Å². The fourth-order valence-electron chi connectivity index (χ4n) is 2.14. The molecular weight excluding hydrogens is 357 g/mol. The Morgan fingerprint density at radius 1 is 1.35 bits per heavy atom. The van der Waals surface area contributed by atoms with Crippen molar-refractivity contribution < 1.29 is 17.5 Å². The highest BCUT2D eigenvalue weighted by Crippen LogP contribution is 2.21. The first kappa shape index (κ1) is 22.2. The van der Waals surface area contributed by atoms with E-state index < -0.39 is 20.4 Å². The van der Waals surface area contributed by atoms with Gasteiger partial charge in [-0.1, -0.05) is 6.07 Å². The molecule has 148 valence electrons. The van der Waals surface area contributed by atoms with Gasteiger partial charge in [0.25, 0.3) is 0 Å². The van der Waals surface area contributed by atoms with Gasteiger partial charge in [-0.05, 0) is 52.3 Å². The Morgan fingerprint density at radius 2 is 2.00 bits per heavy atom. The number of methoxy groups -OCH3 is 1. The molecule has 8 heteroatoms. The van der Waals surface area contributed by atoms with Gasteiger partial charge in [-0.15, -0.1) is 0 Å². The second kappa shape index (κ2) is 9.21. The number of hydrogen-bond acceptors (Lipinski definition) is 4. The van der Waals surface area contributed by atoms with Crippen LogP contribution in [0.15, 0.2) is 23.2 Å². The number of nitrogens with zero attached hydrogens (tertiary/aromatic N) is 1. The van der Waals surface area contributed by atoms with E-state index in [1.54, 1.807) is 32.9 Å². The smallest absolute Gasteiger partial charge is 0.191 e. The largest absolute Gasteiger partial charge is 0.494 e. The minimum Gasteiger partial charge on any atom is -0.494 e. The molecule has 2 N–H and O–H groups in total. The summed E-state index contributed by atoms with van der Waals surface area (Å²) in [5.74, 6) is 0.213. The van der Waals surface area contributed by atoms with E-state index in [0.717, 1.165) is 5.56 Å². The van der Waals surface area contributed by atoms with Crippen LogP contribution >= 0.6 is 0 Å². The maximum absolute atomic E-state index is 13.9. The van der Waals surface area contributed by atoms with Gasteiger partial charge in [0.1, 0.15) is 0 Å². The molecule has 1 atom stereocenters. The van der Waals surface area contributed by atoms with E-state index in [-0.39, 0.29) is 24.1 Å². The lowest BCUT2D eigenvalue weighted by Gasteiger charge is -2.20. The summed E-state index contributed by atoms with van der Waals surface area (Å²) in [7, 11) is -1.81. The zero-order chi connectivity index (χ0) is 20.0. The van der Waals surface area contributed by atoms with E-state index in [4.69, 9.17) is 4.74 Å². The molecule has 0 heterocycles. The first-order valence-corrected chi connectivity index (χ1v) is 10.3. The van der Waals surface area contributed by atoms with Crippen molar-refractivity contribution in [2.75, 3.05) is 26.0 Å². The Morgan fingerprint density at radius 3 is 2.50 bits per heavy atom. The summed E-state index contributed by atoms with van der Waals surface area (Å²) in [6.07, 6.45) is 0. The van der Waals surface area contributed by atoms with Crippen LogP contribution in [0.3, 0.4) is 0 Å². The summed E-state index contributed by atoms with van der Waals surface area (Å²) in [4.78, 5) is 4.33. The fourth-order valence-corrected chi connectivity index (χ4v) is 3.09. The van der Waals surface area contributed by atoms with Crippen molar-refractivity contribution in [2.24, 2.45) is 4.99 Å². The molecule has 1 aromatic rings. The molecule has 1 rings (SSSR count). The van der Waals surface area contributed by atoms with Crippen LogP contribution < -0.4 is 15.4 Å². The average molecular weight is 388 g/mol. The zero-order valence-corrected chi connectivity index (χ0v) is 17.2. The number of halogens is 1. The molecule has 1 unspecified atom stereocenters. The molecule has 6 nitrogen and oxygen atoms in total. The van der Waals surface area contributed by atoms with E-state index in [0.29, 0.717) is 12.5 Å². The third-order valence-corrected chi connectivity index (χ3v) is 6.52. The van der Waals surface area contributed by atoms with Crippen LogP contribution in [0.25, 0.3) is 0 Å². The number of nitrogens with one attached hydrogen (secondary N) is 2. The quantitative estimate of drug-likeness (QED) is 0.555. The Balaban J connectivity index is 2.82. The number of benzene rings is 1. The van der Waals surface area contributed by atoms with E-state index in [1.807, 2.05) is 13.8 Å². The van der Waals surface area contributed by atoms with Crippen LogP contribution in [0, 0.1) is 5.82 Å². The van der Waals surface area contributed by atoms with Gasteiger partial charge in [0.2, 0.25) is 0 Å². The molecule has 0 aliphatic rings. The van der Waals surface area contributed by atoms with Gasteiger partial charge in [-0.25, -0.2) is 12.8 Å². The van der Waals surface area contributed by atoms with Crippen molar-refractivity contribution in [2.45, 2.75) is 45.4 Å². The number of ether oxygens (including phenoxy) is 1. The van der Waals surface area contributed by atoms with Crippen LogP contribution in [0.1, 0.15) is 46.2 Å². The summed E-state index contributed by atoms with van der Waals surface area (Å²) >= 11 is 0. The first-order chi connectivity index (χ1) is 12.0. The first-order valence-electron chi connectivity index (χ1n) is 8.62. The molecule has 0 amide bonds. The molecule has 0 fully saturated rings. The highest BCUT2D eigenvalue weighted by molar-refractivity contribution is 7.92. The second-order valence-corrected chi connectivity index (χ2v) is 9.81. The topological polar surface area (TPSA) is 79.8 Å². The van der Waals surface area contributed by atoms with E-state index in [9.17, 15) is 12.8 Å². The molecule has 0 spiro atoms. The number of sulfone groups is 1. The predicted octanol–water partition coefficient (Wildman–Crippen LogP) is 2.66. The summed E-state index contributed by atoms with van der Waals surface area (Å²) in [5, 5.41) is 6.23. The van der Waals surface area contributed by atoms with Crippen molar-refractivity contribution in [3.05, 3.63) is 29.6 Å². The van der Waals surface area contributed by atoms with Crippen LogP contribution in [-0.4, -0.2) is 45.1 Å². The van der Waals surface area contributed by atoms with Crippen molar-refractivity contribution in [1.82, 2.24) is 10.6 Å². The molecule has 26 heavy (non-hydrogen) atoms. The van der Waals surface area contributed by atoms with Gasteiger partial charge in [0, 0.05) is 6.54 Å². The molecule has 0 radical (unpaired) electrons. The molecule has 0 aliphatic carbocycles. The van der Waals surface area contributed by atoms with Gasteiger partial charge in [-0.2, -0.15) is 0 Å². The summed E-state index contributed by atoms with van der Waals surface area (Å²) in [6, 6.07) is 4.53. The average Bonchev–Trinajstić information content (AvgIpc) is 2.53. The normalized spacial score (nSPS) is 14.0. The van der Waals surface area contributed by atoms with Gasteiger partial charge < -0.3 is 15.4 Å². The zero-order valence-electron chi connectivity index (χ0n) is 16.4. The standard InChI is InChI=1S/C18H30FN3O3S/c1-7-20-17(21-10-11-26(23,24)18(3,4)5)22-13(2)14-8-9-16(25-6)15(19)12-14/h8-9,12-13H,7,10-11H2,1-6H3,(H2,20,21,22). The third kappa shape index (κ3) is 6.16. The molecule has 0 bridgehead atoms. The van der Waals surface area contributed by atoms with Crippen molar-refractivity contribution in [3.8, 4) is 5.75 Å². The third-order valence-electron chi connectivity index (χ3n) is 3.94. The molecular formula is C18H30FN3O3S. The number of aliphatic imine (C=N–C) groups is 1. The van der Waals surface area contributed by atoms with Gasteiger partial charge >= 0.3 is 0 Å². The van der Waals surface area contributed by atoms with Crippen molar-refractivity contribution in [3.63, 3.8) is 0 Å². The van der Waals surface area contributed by atoms with Gasteiger partial charge in [0.15, 0.2) is 27.4 Å². The summed E-state index contributed by atoms with van der Waals surface area (Å²) in [6.45, 7) is 9.60. The Kier molecular flexibility index (Phi) is 7.87. The predicted molar refractivity (Wildman–Crippen MR) is 104 cm³/mol. The lowest BCUT2D eigenvalue weighted by atomic mass is 10.1. The number of rotatable bonds is 7. The maximum Gasteiger partial charge on any atom is 0.191 e. The van der Waals surface area contributed by atoms with Crippen LogP contribution in [0.4, 0.5) is 4.39 Å². The SMILES string of the molecule is CCNC(=NCCS(=O)(=O)C(C)(C)C)NC(C)c1ccc(OC)c(F)c1. The highest BCUT2D eigenvalue weighted by atomic mass is 32.2. The van der Waals surface area contributed by atoms with Gasteiger partial charge in [0.05, 0.1) is 30.2 Å². The fraction of sp³-hybridized carbons (Fsp3) is 0.611. The maximum atomic E-state index is 13.9. The Bertz CT molecular complexity index is 728. The highest BCUT2D eigenvalue weighted by Gasteiger charge is 2.28. The number of guanidine groups is 1. The second-order valence-electron chi connectivity index (χ2n) is 6.95. The summed E-state index contributed by atoms with van der Waals surface area (Å²) < 4.78 is 42.3. The minimum absolute atomic E-state index is 0.0291. The van der Waals surface area contributed by atoms with Crippen LogP contribution in [0.2, 0.25) is 0 Å². The molecule has 1 aromatic carbocycles. The van der Waals surface area contributed by atoms with Crippen molar-refractivity contribution in [1.29, 1.82) is 0 Å². The lowest BCUT2D eigenvalue weighted by Crippen LogP contribution is -2.39. The molecule has 0 saturated carbocycles. The minimum atomic E-state index is -3.23.